The van der Waals surface area contributed by atoms with Crippen LogP contribution in [0.5, 0.6) is 0 Å². The van der Waals surface area contributed by atoms with Crippen LogP contribution in [0.4, 0.5) is 18.9 Å². The Labute approximate surface area is 94.2 Å². The molecule has 0 saturated heterocycles. The third-order valence-corrected chi connectivity index (χ3v) is 1.98. The monoisotopic (exact) mass is 254 g/mol. The molecule has 1 aromatic rings. The lowest BCUT2D eigenvalue weighted by Crippen LogP contribution is -2.22. The van der Waals surface area contributed by atoms with E-state index in [0.717, 1.165) is 6.07 Å². The number of halogens is 4. The van der Waals surface area contributed by atoms with E-state index in [2.05, 4.69) is 17.5 Å². The second-order valence-corrected chi connectivity index (χ2v) is 3.50. The van der Waals surface area contributed by atoms with E-state index in [0.29, 0.717) is 0 Å². The van der Waals surface area contributed by atoms with Gasteiger partial charge in [0.1, 0.15) is 0 Å². The summed E-state index contributed by atoms with van der Waals surface area (Å²) in [4.78, 5) is 0. The van der Waals surface area contributed by atoms with E-state index >= 15 is 0 Å². The van der Waals surface area contributed by atoms with Crippen molar-refractivity contribution < 1.29 is 13.2 Å². The number of hydrogen-bond donors (Lipinski definition) is 2. The van der Waals surface area contributed by atoms with E-state index in [1.165, 1.54) is 12.1 Å². The van der Waals surface area contributed by atoms with Gasteiger partial charge in [-0.15, -0.1) is 0 Å². The Morgan fingerprint density at radius 1 is 1.40 bits per heavy atom. The minimum atomic E-state index is -4.50. The summed E-state index contributed by atoms with van der Waals surface area (Å²) in [7, 11) is 0. The molecule has 82 valence electrons. The lowest BCUT2D eigenvalue weighted by atomic mass is 10.1. The van der Waals surface area contributed by atoms with Crippen LogP contribution < -0.4 is 11.1 Å². The van der Waals surface area contributed by atoms with Crippen LogP contribution in [0.25, 0.3) is 0 Å². The highest BCUT2D eigenvalue weighted by molar-refractivity contribution is 7.80. The molecule has 0 aliphatic carbocycles. The average molecular weight is 255 g/mol. The van der Waals surface area contributed by atoms with Crippen LogP contribution in [0.2, 0.25) is 5.02 Å². The minimum absolute atomic E-state index is 0.0855. The van der Waals surface area contributed by atoms with E-state index in [4.69, 9.17) is 17.3 Å². The molecule has 0 unspecified atom stereocenters. The first kappa shape index (κ1) is 12.1. The average Bonchev–Trinajstić information content (AvgIpc) is 2.05. The molecule has 1 aromatic carbocycles. The quantitative estimate of drug-likeness (QED) is 0.757. The van der Waals surface area contributed by atoms with E-state index in [1.54, 1.807) is 0 Å². The van der Waals surface area contributed by atoms with Gasteiger partial charge in [0.15, 0.2) is 5.11 Å². The first-order valence-corrected chi connectivity index (χ1v) is 4.53. The van der Waals surface area contributed by atoms with Gasteiger partial charge < -0.3 is 11.1 Å². The molecular weight excluding hydrogens is 249 g/mol. The SMILES string of the molecule is NC(=S)Nc1c(Cl)cccc1C(F)(F)F. The van der Waals surface area contributed by atoms with Crippen molar-refractivity contribution >= 4 is 34.6 Å². The number of para-hydroxylation sites is 1. The van der Waals surface area contributed by atoms with Crippen LogP contribution in [0.1, 0.15) is 5.56 Å². The first-order valence-electron chi connectivity index (χ1n) is 3.74. The molecule has 0 amide bonds. The highest BCUT2D eigenvalue weighted by atomic mass is 35.5. The van der Waals surface area contributed by atoms with Crippen molar-refractivity contribution in [1.29, 1.82) is 0 Å². The van der Waals surface area contributed by atoms with E-state index in [9.17, 15) is 13.2 Å². The Morgan fingerprint density at radius 3 is 2.47 bits per heavy atom. The molecule has 0 radical (unpaired) electrons. The molecule has 0 aliphatic heterocycles. The number of nitrogens with two attached hydrogens (primary N) is 1. The molecule has 7 heteroatoms. The zero-order valence-corrected chi connectivity index (χ0v) is 8.80. The third-order valence-electron chi connectivity index (χ3n) is 1.57. The number of alkyl halides is 3. The minimum Gasteiger partial charge on any atom is -0.376 e. The largest absolute Gasteiger partial charge is 0.418 e. The zero-order chi connectivity index (χ0) is 11.6. The second kappa shape index (κ2) is 4.24. The summed E-state index contributed by atoms with van der Waals surface area (Å²) in [5.41, 5.74) is 3.88. The van der Waals surface area contributed by atoms with Crippen molar-refractivity contribution in [2.24, 2.45) is 5.73 Å². The summed E-state index contributed by atoms with van der Waals surface area (Å²) in [6.07, 6.45) is -4.50. The van der Waals surface area contributed by atoms with Crippen LogP contribution in [-0.2, 0) is 6.18 Å². The van der Waals surface area contributed by atoms with Gasteiger partial charge in [-0.2, -0.15) is 13.2 Å². The summed E-state index contributed by atoms with van der Waals surface area (Å²) in [5.74, 6) is 0. The normalized spacial score (nSPS) is 11.2. The van der Waals surface area contributed by atoms with Gasteiger partial charge in [0.25, 0.3) is 0 Å². The lowest BCUT2D eigenvalue weighted by Gasteiger charge is -2.14. The molecule has 15 heavy (non-hydrogen) atoms. The number of hydrogen-bond acceptors (Lipinski definition) is 1. The van der Waals surface area contributed by atoms with E-state index in [-0.39, 0.29) is 15.8 Å². The van der Waals surface area contributed by atoms with Crippen LogP contribution in [0.15, 0.2) is 18.2 Å². The van der Waals surface area contributed by atoms with Gasteiger partial charge in [-0.1, -0.05) is 17.7 Å². The van der Waals surface area contributed by atoms with Gasteiger partial charge >= 0.3 is 6.18 Å². The maximum absolute atomic E-state index is 12.5. The third kappa shape index (κ3) is 2.97. The van der Waals surface area contributed by atoms with Gasteiger partial charge in [0, 0.05) is 0 Å². The van der Waals surface area contributed by atoms with Crippen molar-refractivity contribution in [2.75, 3.05) is 5.32 Å². The zero-order valence-electron chi connectivity index (χ0n) is 7.23. The highest BCUT2D eigenvalue weighted by Gasteiger charge is 2.34. The number of thiocarbonyl (C=S) groups is 1. The molecule has 0 spiro atoms. The highest BCUT2D eigenvalue weighted by Crippen LogP contribution is 2.38. The topological polar surface area (TPSA) is 38.0 Å². The summed E-state index contributed by atoms with van der Waals surface area (Å²) in [6, 6.07) is 3.42. The Hall–Kier alpha value is -1.01. The fourth-order valence-corrected chi connectivity index (χ4v) is 1.33. The summed E-state index contributed by atoms with van der Waals surface area (Å²) < 4.78 is 37.5. The van der Waals surface area contributed by atoms with Crippen LogP contribution >= 0.6 is 23.8 Å². The van der Waals surface area contributed by atoms with Gasteiger partial charge in [0.2, 0.25) is 0 Å². The summed E-state index contributed by atoms with van der Waals surface area (Å²) in [5, 5.41) is 1.85. The van der Waals surface area contributed by atoms with E-state index in [1.807, 2.05) is 0 Å². The lowest BCUT2D eigenvalue weighted by molar-refractivity contribution is -0.136. The molecule has 0 atom stereocenters. The number of nitrogens with one attached hydrogen (secondary N) is 1. The number of rotatable bonds is 1. The van der Waals surface area contributed by atoms with Gasteiger partial charge in [-0.05, 0) is 24.4 Å². The fourth-order valence-electron chi connectivity index (χ4n) is 1.01. The molecule has 0 aliphatic rings. The van der Waals surface area contributed by atoms with E-state index < -0.39 is 11.7 Å². The second-order valence-electron chi connectivity index (χ2n) is 2.65. The molecule has 0 aromatic heterocycles. The molecule has 0 bridgehead atoms. The Balaban J connectivity index is 3.26. The number of benzene rings is 1. The maximum atomic E-state index is 12.5. The predicted octanol–water partition coefficient (Wildman–Crippen LogP) is 3.01. The summed E-state index contributed by atoms with van der Waals surface area (Å²) in [6.45, 7) is 0. The molecule has 3 N–H and O–H groups in total. The van der Waals surface area contributed by atoms with Crippen molar-refractivity contribution in [3.05, 3.63) is 28.8 Å². The Morgan fingerprint density at radius 2 is 2.00 bits per heavy atom. The standard InChI is InChI=1S/C8H6ClF3N2S/c9-5-3-1-2-4(8(10,11)12)6(5)14-7(13)15/h1-3H,(H3,13,14,15). The Kier molecular flexibility index (Phi) is 3.41. The fraction of sp³-hybridized carbons (Fsp3) is 0.125. The molecular formula is C8H6ClF3N2S. The molecule has 0 saturated carbocycles. The summed E-state index contributed by atoms with van der Waals surface area (Å²) >= 11 is 10.1. The predicted molar refractivity (Wildman–Crippen MR) is 56.9 cm³/mol. The van der Waals surface area contributed by atoms with Gasteiger partial charge in [0.05, 0.1) is 16.3 Å². The van der Waals surface area contributed by atoms with Crippen molar-refractivity contribution in [2.45, 2.75) is 6.18 Å². The van der Waals surface area contributed by atoms with Crippen LogP contribution in [-0.4, -0.2) is 5.11 Å². The molecule has 1 rings (SSSR count). The molecule has 2 nitrogen and oxygen atoms in total. The number of anilines is 1. The first-order chi connectivity index (χ1) is 6.82. The van der Waals surface area contributed by atoms with Gasteiger partial charge in [-0.3, -0.25) is 0 Å². The van der Waals surface area contributed by atoms with Crippen molar-refractivity contribution in [3.63, 3.8) is 0 Å². The molecule has 0 fully saturated rings. The van der Waals surface area contributed by atoms with Gasteiger partial charge in [-0.25, -0.2) is 0 Å². The Bertz CT molecular complexity index is 392. The van der Waals surface area contributed by atoms with Crippen molar-refractivity contribution in [3.8, 4) is 0 Å². The smallest absolute Gasteiger partial charge is 0.376 e. The van der Waals surface area contributed by atoms with Crippen LogP contribution in [0.3, 0.4) is 0 Å². The van der Waals surface area contributed by atoms with Crippen molar-refractivity contribution in [1.82, 2.24) is 0 Å². The van der Waals surface area contributed by atoms with Crippen LogP contribution in [0, 0.1) is 0 Å². The molecule has 0 heterocycles. The maximum Gasteiger partial charge on any atom is 0.418 e.